The Labute approximate surface area is 440 Å². The van der Waals surface area contributed by atoms with Gasteiger partial charge in [-0.2, -0.15) is 0 Å². The van der Waals surface area contributed by atoms with E-state index in [2.05, 4.69) is 93.7 Å². The fourth-order valence-electron chi connectivity index (χ4n) is 8.64. The minimum absolute atomic E-state index is 0.0746. The van der Waals surface area contributed by atoms with Gasteiger partial charge >= 0.3 is 17.9 Å². The Morgan fingerprint density at radius 3 is 0.887 bits per heavy atom. The predicted molar refractivity (Wildman–Crippen MR) is 307 cm³/mol. The van der Waals surface area contributed by atoms with Crippen molar-refractivity contribution in [3.8, 4) is 0 Å². The average Bonchev–Trinajstić information content (AvgIpc) is 3.37. The summed E-state index contributed by atoms with van der Waals surface area (Å²) < 4.78 is 16.7. The van der Waals surface area contributed by atoms with E-state index < -0.39 is 6.10 Å². The lowest BCUT2D eigenvalue weighted by Gasteiger charge is -2.18. The third kappa shape index (κ3) is 57.6. The zero-order valence-electron chi connectivity index (χ0n) is 47.0. The normalized spacial score (nSPS) is 12.5. The van der Waals surface area contributed by atoms with Crippen LogP contribution in [0.1, 0.15) is 303 Å². The summed E-state index contributed by atoms with van der Waals surface area (Å²) in [6.07, 6.45) is 76.9. The van der Waals surface area contributed by atoms with Crippen LogP contribution in [-0.2, 0) is 28.6 Å². The average molecular weight is 992 g/mol. The van der Waals surface area contributed by atoms with Crippen LogP contribution in [0.5, 0.6) is 0 Å². The van der Waals surface area contributed by atoms with Crippen LogP contribution < -0.4 is 0 Å². The maximum absolute atomic E-state index is 12.7. The molecule has 0 spiro atoms. The lowest BCUT2D eigenvalue weighted by atomic mass is 10.0. The maximum atomic E-state index is 12.7. The van der Waals surface area contributed by atoms with Crippen molar-refractivity contribution >= 4 is 17.9 Å². The van der Waals surface area contributed by atoms with Crippen LogP contribution in [0.4, 0.5) is 0 Å². The van der Waals surface area contributed by atoms with Gasteiger partial charge in [-0.1, -0.05) is 267 Å². The fraction of sp³-hybridized carbons (Fsp3) is 0.769. The monoisotopic (exact) mass is 991 g/mol. The van der Waals surface area contributed by atoms with Crippen LogP contribution in [0.25, 0.3) is 0 Å². The van der Waals surface area contributed by atoms with Gasteiger partial charge in [0.1, 0.15) is 13.2 Å². The van der Waals surface area contributed by atoms with Crippen molar-refractivity contribution in [3.63, 3.8) is 0 Å². The van der Waals surface area contributed by atoms with E-state index in [1.54, 1.807) is 0 Å². The van der Waals surface area contributed by atoms with Crippen LogP contribution in [0.2, 0.25) is 0 Å². The Kier molecular flexibility index (Phi) is 56.8. The molecule has 0 N–H and O–H groups in total. The molecule has 0 aliphatic carbocycles. The number of rotatable bonds is 55. The summed E-state index contributed by atoms with van der Waals surface area (Å²) in [6.45, 7) is 6.44. The van der Waals surface area contributed by atoms with Gasteiger partial charge in [0.15, 0.2) is 6.10 Å². The fourth-order valence-corrected chi connectivity index (χ4v) is 8.64. The zero-order valence-corrected chi connectivity index (χ0v) is 47.0. The molecule has 0 amide bonds. The smallest absolute Gasteiger partial charge is 0.306 e. The minimum Gasteiger partial charge on any atom is -0.462 e. The van der Waals surface area contributed by atoms with Crippen molar-refractivity contribution in [2.24, 2.45) is 0 Å². The zero-order chi connectivity index (χ0) is 51.4. The first-order valence-corrected chi connectivity index (χ1v) is 30.4. The summed E-state index contributed by atoms with van der Waals surface area (Å²) >= 11 is 0. The largest absolute Gasteiger partial charge is 0.462 e. The van der Waals surface area contributed by atoms with Gasteiger partial charge in [-0.3, -0.25) is 14.4 Å². The standard InChI is InChI=1S/C65H114O6/c1-4-7-10-13-15-17-19-21-22-23-24-25-26-27-28-29-30-31-32-33-34-35-36-37-38-39-40-41-42-44-45-47-49-52-55-58-64(67)70-61-62(60-69-63(66)57-54-51-12-9-6-3)71-65(68)59-56-53-50-48-46-43-20-18-16-14-11-8-5-2/h7,10,15,17-18,20-22,24-25,27-28,62H,4-6,8-9,11-14,16,19,23,26,29-61H2,1-3H3/b10-7-,17-15-,20-18-,22-21-,25-24-,28-27-. The van der Waals surface area contributed by atoms with Crippen molar-refractivity contribution in [3.05, 3.63) is 72.9 Å². The molecule has 0 radical (unpaired) electrons. The molecule has 71 heavy (non-hydrogen) atoms. The molecule has 0 aromatic rings. The van der Waals surface area contributed by atoms with E-state index in [4.69, 9.17) is 14.2 Å². The van der Waals surface area contributed by atoms with Crippen molar-refractivity contribution in [1.29, 1.82) is 0 Å². The highest BCUT2D eigenvalue weighted by atomic mass is 16.6. The Morgan fingerprint density at radius 2 is 0.549 bits per heavy atom. The summed E-state index contributed by atoms with van der Waals surface area (Å²) in [5.74, 6) is -0.888. The number of carbonyl (C=O) groups excluding carboxylic acids is 3. The lowest BCUT2D eigenvalue weighted by molar-refractivity contribution is -0.167. The number of esters is 3. The molecule has 0 aliphatic heterocycles. The number of hydrogen-bond donors (Lipinski definition) is 0. The van der Waals surface area contributed by atoms with Gasteiger partial charge in [-0.05, 0) is 89.9 Å². The number of hydrogen-bond acceptors (Lipinski definition) is 6. The molecule has 410 valence electrons. The summed E-state index contributed by atoms with van der Waals surface area (Å²) in [7, 11) is 0. The van der Waals surface area contributed by atoms with Crippen LogP contribution in [0.15, 0.2) is 72.9 Å². The first-order chi connectivity index (χ1) is 35.0. The van der Waals surface area contributed by atoms with Gasteiger partial charge in [-0.15, -0.1) is 0 Å². The van der Waals surface area contributed by atoms with E-state index in [0.29, 0.717) is 19.3 Å². The molecule has 0 rings (SSSR count). The minimum atomic E-state index is -0.771. The molecular formula is C65H114O6. The quantitative estimate of drug-likeness (QED) is 0.0261. The molecule has 1 unspecified atom stereocenters. The lowest BCUT2D eigenvalue weighted by Crippen LogP contribution is -2.30. The molecule has 0 aromatic heterocycles. The van der Waals surface area contributed by atoms with Crippen LogP contribution in [0.3, 0.4) is 0 Å². The Bertz CT molecular complexity index is 1320. The molecule has 0 saturated heterocycles. The molecule has 0 saturated carbocycles. The molecular weight excluding hydrogens is 877 g/mol. The first-order valence-electron chi connectivity index (χ1n) is 30.4. The van der Waals surface area contributed by atoms with Crippen molar-refractivity contribution in [2.75, 3.05) is 13.2 Å². The number of allylic oxidation sites excluding steroid dienone is 12. The highest BCUT2D eigenvalue weighted by Gasteiger charge is 2.19. The molecule has 0 bridgehead atoms. The second-order valence-electron chi connectivity index (χ2n) is 20.2. The maximum Gasteiger partial charge on any atom is 0.306 e. The molecule has 0 heterocycles. The first kappa shape index (κ1) is 67.8. The van der Waals surface area contributed by atoms with E-state index in [0.717, 1.165) is 103 Å². The molecule has 0 aromatic carbocycles. The van der Waals surface area contributed by atoms with Crippen molar-refractivity contribution in [2.45, 2.75) is 309 Å². The van der Waals surface area contributed by atoms with Crippen molar-refractivity contribution < 1.29 is 28.6 Å². The van der Waals surface area contributed by atoms with E-state index in [1.165, 1.54) is 161 Å². The van der Waals surface area contributed by atoms with Gasteiger partial charge in [-0.25, -0.2) is 0 Å². The van der Waals surface area contributed by atoms with Gasteiger partial charge in [0, 0.05) is 19.3 Å². The van der Waals surface area contributed by atoms with E-state index >= 15 is 0 Å². The van der Waals surface area contributed by atoms with Gasteiger partial charge in [0.05, 0.1) is 0 Å². The topological polar surface area (TPSA) is 78.9 Å². The van der Waals surface area contributed by atoms with Crippen molar-refractivity contribution in [1.82, 2.24) is 0 Å². The van der Waals surface area contributed by atoms with E-state index in [1.807, 2.05) is 0 Å². The number of carbonyl (C=O) groups is 3. The molecule has 0 fully saturated rings. The summed E-state index contributed by atoms with van der Waals surface area (Å²) in [5.41, 5.74) is 0. The Morgan fingerprint density at radius 1 is 0.296 bits per heavy atom. The molecule has 1 atom stereocenters. The highest BCUT2D eigenvalue weighted by molar-refractivity contribution is 5.71. The van der Waals surface area contributed by atoms with Gasteiger partial charge in [0.25, 0.3) is 0 Å². The number of unbranched alkanes of at least 4 members (excludes halogenated alkanes) is 32. The second-order valence-corrected chi connectivity index (χ2v) is 20.2. The predicted octanol–water partition coefficient (Wildman–Crippen LogP) is 20.5. The third-order valence-corrected chi connectivity index (χ3v) is 13.2. The summed E-state index contributed by atoms with van der Waals surface area (Å²) in [5, 5.41) is 0. The SMILES string of the molecule is CC/C=C\C/C=C\C/C=C\C/C=C\C/C=C\CCCCCCCCCCCCCCCCCCCCCC(=O)OCC(COC(=O)CCCCCCC)OC(=O)CCCCCCC/C=C\CCCCCC. The Hall–Kier alpha value is -3.15. The Balaban J connectivity index is 3.88. The van der Waals surface area contributed by atoms with Crippen LogP contribution in [0, 0.1) is 0 Å². The third-order valence-electron chi connectivity index (χ3n) is 13.2. The molecule has 6 nitrogen and oxygen atoms in total. The second kappa shape index (κ2) is 59.4. The van der Waals surface area contributed by atoms with E-state index in [9.17, 15) is 14.4 Å². The molecule has 6 heteroatoms. The van der Waals surface area contributed by atoms with Crippen LogP contribution in [-0.4, -0.2) is 37.2 Å². The van der Waals surface area contributed by atoms with E-state index in [-0.39, 0.29) is 31.1 Å². The number of ether oxygens (including phenoxy) is 3. The van der Waals surface area contributed by atoms with Crippen LogP contribution >= 0.6 is 0 Å². The molecule has 0 aliphatic rings. The highest BCUT2D eigenvalue weighted by Crippen LogP contribution is 2.17. The summed E-state index contributed by atoms with van der Waals surface area (Å²) in [4.78, 5) is 37.7. The van der Waals surface area contributed by atoms with Gasteiger partial charge < -0.3 is 14.2 Å². The van der Waals surface area contributed by atoms with Gasteiger partial charge in [0.2, 0.25) is 0 Å². The summed E-state index contributed by atoms with van der Waals surface area (Å²) in [6, 6.07) is 0.